The van der Waals surface area contributed by atoms with Crippen molar-refractivity contribution in [3.05, 3.63) is 54.1 Å². The molecule has 0 aliphatic carbocycles. The molecule has 0 aromatic heterocycles. The molecule has 1 fully saturated rings. The van der Waals surface area contributed by atoms with E-state index in [1.807, 2.05) is 6.07 Å². The van der Waals surface area contributed by atoms with Crippen molar-refractivity contribution in [2.24, 2.45) is 5.73 Å². The SMILES string of the molecule is Cl.NC[C@H]1O[C@H](Oc2ccccc2-c2cccc(CC(=O)O)c2)[C@@H](O)[C@@H](O)[C@@H]1O. The smallest absolute Gasteiger partial charge is 0.307 e. The van der Waals surface area contributed by atoms with E-state index in [0.29, 0.717) is 16.9 Å². The van der Waals surface area contributed by atoms with Crippen molar-refractivity contribution >= 4 is 18.4 Å². The lowest BCUT2D eigenvalue weighted by atomic mass is 9.98. The molecule has 2 aromatic carbocycles. The van der Waals surface area contributed by atoms with Gasteiger partial charge in [-0.05, 0) is 17.2 Å². The summed E-state index contributed by atoms with van der Waals surface area (Å²) in [4.78, 5) is 11.0. The standard InChI is InChI=1S/C20H23NO7.ClH/c21-10-15-17(24)18(25)19(26)20(28-15)27-14-7-2-1-6-13(14)12-5-3-4-11(8-12)9-16(22)23;/h1-8,15,17-20,24-26H,9-10,21H2,(H,22,23);1H/t15-,17-,18+,19+,20+;/m1./s1. The highest BCUT2D eigenvalue weighted by atomic mass is 35.5. The molecule has 29 heavy (non-hydrogen) atoms. The monoisotopic (exact) mass is 425 g/mol. The van der Waals surface area contributed by atoms with Gasteiger partial charge in [0.2, 0.25) is 6.29 Å². The summed E-state index contributed by atoms with van der Waals surface area (Å²) in [6.45, 7) is -0.0519. The highest BCUT2D eigenvalue weighted by Gasteiger charge is 2.44. The first kappa shape index (κ1) is 23.1. The van der Waals surface area contributed by atoms with E-state index in [1.165, 1.54) is 0 Å². The van der Waals surface area contributed by atoms with Crippen molar-refractivity contribution in [3.63, 3.8) is 0 Å². The lowest BCUT2D eigenvalue weighted by molar-refractivity contribution is -0.269. The Morgan fingerprint density at radius 2 is 1.76 bits per heavy atom. The quantitative estimate of drug-likeness (QED) is 0.451. The van der Waals surface area contributed by atoms with Crippen molar-refractivity contribution in [3.8, 4) is 16.9 Å². The molecular formula is C20H24ClNO7. The second-order valence-corrected chi connectivity index (χ2v) is 6.64. The van der Waals surface area contributed by atoms with Gasteiger partial charge in [-0.2, -0.15) is 0 Å². The van der Waals surface area contributed by atoms with Crippen LogP contribution in [0.15, 0.2) is 48.5 Å². The number of halogens is 1. The first-order valence-corrected chi connectivity index (χ1v) is 8.87. The largest absolute Gasteiger partial charge is 0.481 e. The van der Waals surface area contributed by atoms with Crippen molar-refractivity contribution in [1.29, 1.82) is 0 Å². The summed E-state index contributed by atoms with van der Waals surface area (Å²) < 4.78 is 11.3. The second-order valence-electron chi connectivity index (χ2n) is 6.64. The first-order valence-electron chi connectivity index (χ1n) is 8.87. The van der Waals surface area contributed by atoms with Gasteiger partial charge in [0, 0.05) is 12.1 Å². The highest BCUT2D eigenvalue weighted by molar-refractivity contribution is 5.85. The Bertz CT molecular complexity index is 832. The van der Waals surface area contributed by atoms with Crippen LogP contribution in [0.2, 0.25) is 0 Å². The summed E-state index contributed by atoms with van der Waals surface area (Å²) in [5, 5.41) is 39.2. The zero-order valence-corrected chi connectivity index (χ0v) is 16.2. The minimum absolute atomic E-state index is 0. The maximum absolute atomic E-state index is 11.0. The van der Waals surface area contributed by atoms with Crippen molar-refractivity contribution in [2.45, 2.75) is 37.1 Å². The Morgan fingerprint density at radius 1 is 1.03 bits per heavy atom. The maximum atomic E-state index is 11.0. The highest BCUT2D eigenvalue weighted by Crippen LogP contribution is 2.33. The molecule has 5 atom stereocenters. The summed E-state index contributed by atoms with van der Waals surface area (Å²) in [6, 6.07) is 14.0. The number of nitrogens with two attached hydrogens (primary N) is 1. The zero-order valence-electron chi connectivity index (χ0n) is 15.4. The van der Waals surface area contributed by atoms with Crippen LogP contribution in [0, 0.1) is 0 Å². The molecule has 0 bridgehead atoms. The number of ether oxygens (including phenoxy) is 2. The minimum Gasteiger partial charge on any atom is -0.481 e. The number of carboxylic acid groups (broad SMARTS) is 1. The van der Waals surface area contributed by atoms with Gasteiger partial charge in [-0.15, -0.1) is 12.4 Å². The number of hydrogen-bond donors (Lipinski definition) is 5. The summed E-state index contributed by atoms with van der Waals surface area (Å²) in [5.74, 6) is -0.556. The molecule has 1 heterocycles. The number of hydrogen-bond acceptors (Lipinski definition) is 7. The molecule has 1 aliphatic heterocycles. The Balaban J connectivity index is 0.00000300. The van der Waals surface area contributed by atoms with Crippen LogP contribution in [-0.2, 0) is 16.0 Å². The molecule has 1 aliphatic rings. The van der Waals surface area contributed by atoms with Crippen molar-refractivity contribution in [1.82, 2.24) is 0 Å². The van der Waals surface area contributed by atoms with E-state index < -0.39 is 36.7 Å². The average molecular weight is 426 g/mol. The minimum atomic E-state index is -1.47. The number of rotatable bonds is 6. The number of para-hydroxylation sites is 1. The predicted octanol–water partition coefficient (Wildman–Crippen LogP) is 0.548. The van der Waals surface area contributed by atoms with E-state index in [1.54, 1.807) is 42.5 Å². The lowest BCUT2D eigenvalue weighted by Gasteiger charge is -2.40. The summed E-state index contributed by atoms with van der Waals surface area (Å²) in [7, 11) is 0. The Morgan fingerprint density at radius 3 is 2.45 bits per heavy atom. The van der Waals surface area contributed by atoms with Crippen LogP contribution >= 0.6 is 12.4 Å². The summed E-state index contributed by atoms with van der Waals surface area (Å²) in [6.07, 6.45) is -6.46. The van der Waals surface area contributed by atoms with E-state index in [-0.39, 0.29) is 25.4 Å². The topological polar surface area (TPSA) is 142 Å². The third-order valence-electron chi connectivity index (χ3n) is 4.62. The van der Waals surface area contributed by atoms with Crippen LogP contribution in [0.25, 0.3) is 11.1 Å². The summed E-state index contributed by atoms with van der Waals surface area (Å²) in [5.41, 5.74) is 7.58. The Hall–Kier alpha value is -2.20. The Kier molecular flexibility index (Phi) is 7.97. The second kappa shape index (κ2) is 10.0. The number of carboxylic acids is 1. The average Bonchev–Trinajstić information content (AvgIpc) is 2.68. The molecule has 6 N–H and O–H groups in total. The molecular weight excluding hydrogens is 402 g/mol. The van der Waals surface area contributed by atoms with Gasteiger partial charge in [-0.25, -0.2) is 0 Å². The van der Waals surface area contributed by atoms with Crippen molar-refractivity contribution < 1.29 is 34.7 Å². The van der Waals surface area contributed by atoms with Gasteiger partial charge >= 0.3 is 5.97 Å². The van der Waals surface area contributed by atoms with Gasteiger partial charge in [0.05, 0.1) is 6.42 Å². The number of aliphatic hydroxyl groups excluding tert-OH is 3. The van der Waals surface area contributed by atoms with Gasteiger partial charge in [0.1, 0.15) is 30.2 Å². The molecule has 0 unspecified atom stereocenters. The fourth-order valence-electron chi connectivity index (χ4n) is 3.17. The predicted molar refractivity (Wildman–Crippen MR) is 107 cm³/mol. The van der Waals surface area contributed by atoms with E-state index in [2.05, 4.69) is 0 Å². The normalized spacial score (nSPS) is 26.4. The third-order valence-corrected chi connectivity index (χ3v) is 4.62. The molecule has 2 aromatic rings. The van der Waals surface area contributed by atoms with Crippen LogP contribution in [0.3, 0.4) is 0 Å². The van der Waals surface area contributed by atoms with Crippen LogP contribution in [-0.4, -0.2) is 63.6 Å². The third kappa shape index (κ3) is 5.24. The summed E-state index contributed by atoms with van der Waals surface area (Å²) >= 11 is 0. The molecule has 158 valence electrons. The van der Waals surface area contributed by atoms with Crippen LogP contribution in [0.4, 0.5) is 0 Å². The molecule has 0 spiro atoms. The Labute approximate surface area is 173 Å². The van der Waals surface area contributed by atoms with Gasteiger partial charge in [0.15, 0.2) is 0 Å². The number of carbonyl (C=O) groups is 1. The number of aliphatic carboxylic acids is 1. The van der Waals surface area contributed by atoms with E-state index in [4.69, 9.17) is 20.3 Å². The van der Waals surface area contributed by atoms with Crippen LogP contribution in [0.5, 0.6) is 5.75 Å². The molecule has 0 radical (unpaired) electrons. The van der Waals surface area contributed by atoms with E-state index in [9.17, 15) is 20.1 Å². The maximum Gasteiger partial charge on any atom is 0.307 e. The van der Waals surface area contributed by atoms with E-state index >= 15 is 0 Å². The van der Waals surface area contributed by atoms with Gasteiger partial charge < -0.3 is 35.6 Å². The van der Waals surface area contributed by atoms with Gasteiger partial charge in [-0.1, -0.05) is 42.5 Å². The van der Waals surface area contributed by atoms with Gasteiger partial charge in [-0.3, -0.25) is 4.79 Å². The molecule has 9 heteroatoms. The zero-order chi connectivity index (χ0) is 20.3. The molecule has 0 amide bonds. The fourth-order valence-corrected chi connectivity index (χ4v) is 3.17. The van der Waals surface area contributed by atoms with E-state index in [0.717, 1.165) is 5.56 Å². The van der Waals surface area contributed by atoms with Gasteiger partial charge in [0.25, 0.3) is 0 Å². The molecule has 0 saturated carbocycles. The van der Waals surface area contributed by atoms with Crippen LogP contribution < -0.4 is 10.5 Å². The fraction of sp³-hybridized carbons (Fsp3) is 0.350. The number of aliphatic hydroxyl groups is 3. The lowest BCUT2D eigenvalue weighted by Crippen LogP contribution is -2.60. The van der Waals surface area contributed by atoms with Crippen molar-refractivity contribution in [2.75, 3.05) is 6.54 Å². The number of benzene rings is 2. The first-order chi connectivity index (χ1) is 13.4. The van der Waals surface area contributed by atoms with Crippen LogP contribution in [0.1, 0.15) is 5.56 Å². The molecule has 8 nitrogen and oxygen atoms in total. The molecule has 3 rings (SSSR count). The molecule has 1 saturated heterocycles.